The summed E-state index contributed by atoms with van der Waals surface area (Å²) in [5, 5.41) is 2.91. The maximum Gasteiger partial charge on any atom is 0.251 e. The molecule has 0 saturated heterocycles. The Kier molecular flexibility index (Phi) is 5.67. The molecule has 1 amide bonds. The van der Waals surface area contributed by atoms with Crippen LogP contribution in [-0.2, 0) is 13.2 Å². The van der Waals surface area contributed by atoms with E-state index in [9.17, 15) is 4.79 Å². The summed E-state index contributed by atoms with van der Waals surface area (Å²) in [6.07, 6.45) is 3.35. The zero-order valence-corrected chi connectivity index (χ0v) is 15.7. The van der Waals surface area contributed by atoms with E-state index >= 15 is 0 Å². The molecule has 0 aliphatic heterocycles. The average molecular weight is 384 g/mol. The monoisotopic (exact) mass is 384 g/mol. The molecule has 2 aromatic heterocycles. The van der Waals surface area contributed by atoms with Crippen LogP contribution < -0.4 is 10.1 Å². The summed E-state index contributed by atoms with van der Waals surface area (Å²) in [5.41, 5.74) is 3.29. The van der Waals surface area contributed by atoms with Crippen LogP contribution in [0, 0.1) is 0 Å². The number of hydrogen-bond acceptors (Lipinski definition) is 4. The predicted octanol–water partition coefficient (Wildman–Crippen LogP) is 4.85. The standard InChI is InChI=1S/C24H20N2O3/c27-24(26-16-19-11-12-22(25-15-19)23-10-5-13-28-23)20-8-4-9-21(14-20)29-17-18-6-2-1-3-7-18/h1-15H,16-17H2,(H,26,27). The third kappa shape index (κ3) is 4.90. The lowest BCUT2D eigenvalue weighted by Gasteiger charge is -2.09. The van der Waals surface area contributed by atoms with Crippen molar-refractivity contribution in [2.45, 2.75) is 13.2 Å². The Balaban J connectivity index is 1.33. The first-order chi connectivity index (χ1) is 14.3. The second kappa shape index (κ2) is 8.89. The molecule has 0 aliphatic carbocycles. The highest BCUT2D eigenvalue weighted by Gasteiger charge is 2.08. The molecule has 0 aliphatic rings. The van der Waals surface area contributed by atoms with Gasteiger partial charge in [-0.25, -0.2) is 0 Å². The van der Waals surface area contributed by atoms with Crippen LogP contribution in [0.4, 0.5) is 0 Å². The highest BCUT2D eigenvalue weighted by Crippen LogP contribution is 2.18. The second-order valence-corrected chi connectivity index (χ2v) is 6.51. The SMILES string of the molecule is O=C(NCc1ccc(-c2ccco2)nc1)c1cccc(OCc2ccccc2)c1. The Hall–Kier alpha value is -3.86. The molecule has 2 aromatic carbocycles. The fourth-order valence-electron chi connectivity index (χ4n) is 2.85. The quantitative estimate of drug-likeness (QED) is 0.495. The number of hydrogen-bond donors (Lipinski definition) is 1. The van der Waals surface area contributed by atoms with Crippen LogP contribution in [0.3, 0.4) is 0 Å². The summed E-state index contributed by atoms with van der Waals surface area (Å²) in [6.45, 7) is 0.846. The van der Waals surface area contributed by atoms with Gasteiger partial charge in [-0.1, -0.05) is 42.5 Å². The second-order valence-electron chi connectivity index (χ2n) is 6.51. The Bertz CT molecular complexity index is 1060. The van der Waals surface area contributed by atoms with Crippen molar-refractivity contribution in [3.8, 4) is 17.2 Å². The largest absolute Gasteiger partial charge is 0.489 e. The van der Waals surface area contributed by atoms with Gasteiger partial charge in [-0.05, 0) is 47.5 Å². The van der Waals surface area contributed by atoms with Crippen LogP contribution in [0.1, 0.15) is 21.5 Å². The number of nitrogens with one attached hydrogen (secondary N) is 1. The molecular formula is C24H20N2O3. The number of amides is 1. The number of carbonyl (C=O) groups excluding carboxylic acids is 1. The van der Waals surface area contributed by atoms with E-state index in [2.05, 4.69) is 10.3 Å². The van der Waals surface area contributed by atoms with Gasteiger partial charge in [0.1, 0.15) is 18.1 Å². The van der Waals surface area contributed by atoms with Crippen molar-refractivity contribution in [1.82, 2.24) is 10.3 Å². The maximum atomic E-state index is 12.5. The van der Waals surface area contributed by atoms with Gasteiger partial charge in [0.05, 0.1) is 6.26 Å². The maximum absolute atomic E-state index is 12.5. The summed E-state index contributed by atoms with van der Waals surface area (Å²) in [7, 11) is 0. The summed E-state index contributed by atoms with van der Waals surface area (Å²) < 4.78 is 11.1. The molecule has 5 nitrogen and oxygen atoms in total. The van der Waals surface area contributed by atoms with Gasteiger partial charge in [-0.3, -0.25) is 9.78 Å². The molecule has 0 unspecified atom stereocenters. The smallest absolute Gasteiger partial charge is 0.251 e. The third-order valence-corrected chi connectivity index (χ3v) is 4.40. The fraction of sp³-hybridized carbons (Fsp3) is 0.0833. The van der Waals surface area contributed by atoms with Crippen LogP contribution in [0.5, 0.6) is 5.75 Å². The molecule has 0 radical (unpaired) electrons. The first kappa shape index (κ1) is 18.5. The van der Waals surface area contributed by atoms with Crippen molar-refractivity contribution < 1.29 is 13.9 Å². The van der Waals surface area contributed by atoms with Gasteiger partial charge >= 0.3 is 0 Å². The molecule has 0 saturated carbocycles. The molecule has 0 bridgehead atoms. The van der Waals surface area contributed by atoms with Crippen LogP contribution in [-0.4, -0.2) is 10.9 Å². The molecule has 0 atom stereocenters. The number of furan rings is 1. The van der Waals surface area contributed by atoms with Gasteiger partial charge in [0.2, 0.25) is 0 Å². The Labute approximate surface area is 169 Å². The molecule has 0 spiro atoms. The molecule has 29 heavy (non-hydrogen) atoms. The first-order valence-electron chi connectivity index (χ1n) is 9.32. The minimum absolute atomic E-state index is 0.162. The van der Waals surface area contributed by atoms with E-state index < -0.39 is 0 Å². The number of pyridine rings is 1. The van der Waals surface area contributed by atoms with E-state index in [4.69, 9.17) is 9.15 Å². The molecule has 1 N–H and O–H groups in total. The van der Waals surface area contributed by atoms with Gasteiger partial charge in [0, 0.05) is 18.3 Å². The molecule has 4 aromatic rings. The van der Waals surface area contributed by atoms with Gasteiger partial charge in [0.15, 0.2) is 5.76 Å². The first-order valence-corrected chi connectivity index (χ1v) is 9.32. The number of carbonyl (C=O) groups is 1. The molecule has 2 heterocycles. The van der Waals surface area contributed by atoms with Crippen LogP contribution in [0.2, 0.25) is 0 Å². The van der Waals surface area contributed by atoms with Crippen LogP contribution in [0.25, 0.3) is 11.5 Å². The van der Waals surface area contributed by atoms with Crippen molar-refractivity contribution in [2.24, 2.45) is 0 Å². The summed E-state index contributed by atoms with van der Waals surface area (Å²) in [6, 6.07) is 24.6. The zero-order chi connectivity index (χ0) is 19.9. The van der Waals surface area contributed by atoms with E-state index in [0.29, 0.717) is 30.2 Å². The average Bonchev–Trinajstić information content (AvgIpc) is 3.32. The lowest BCUT2D eigenvalue weighted by Crippen LogP contribution is -2.22. The van der Waals surface area contributed by atoms with E-state index in [1.165, 1.54) is 0 Å². The van der Waals surface area contributed by atoms with E-state index in [-0.39, 0.29) is 5.91 Å². The fourth-order valence-corrected chi connectivity index (χ4v) is 2.85. The molecule has 0 fully saturated rings. The lowest BCUT2D eigenvalue weighted by atomic mass is 10.2. The van der Waals surface area contributed by atoms with Crippen molar-refractivity contribution in [3.05, 3.63) is 108 Å². The van der Waals surface area contributed by atoms with Crippen molar-refractivity contribution >= 4 is 5.91 Å². The number of benzene rings is 2. The van der Waals surface area contributed by atoms with Crippen LogP contribution in [0.15, 0.2) is 95.7 Å². The van der Waals surface area contributed by atoms with Crippen molar-refractivity contribution in [1.29, 1.82) is 0 Å². The Morgan fingerprint density at radius 1 is 0.931 bits per heavy atom. The molecular weight excluding hydrogens is 364 g/mol. The van der Waals surface area contributed by atoms with Gasteiger partial charge in [-0.15, -0.1) is 0 Å². The predicted molar refractivity (Wildman–Crippen MR) is 110 cm³/mol. The van der Waals surface area contributed by atoms with E-state index in [1.54, 1.807) is 24.6 Å². The van der Waals surface area contributed by atoms with Gasteiger partial charge in [-0.2, -0.15) is 0 Å². The number of ether oxygens (including phenoxy) is 1. The lowest BCUT2D eigenvalue weighted by molar-refractivity contribution is 0.0950. The number of rotatable bonds is 7. The summed E-state index contributed by atoms with van der Waals surface area (Å²) in [4.78, 5) is 16.9. The van der Waals surface area contributed by atoms with Crippen LogP contribution >= 0.6 is 0 Å². The van der Waals surface area contributed by atoms with E-state index in [1.807, 2.05) is 66.7 Å². The topological polar surface area (TPSA) is 64.4 Å². The highest BCUT2D eigenvalue weighted by atomic mass is 16.5. The van der Waals surface area contributed by atoms with E-state index in [0.717, 1.165) is 16.8 Å². The minimum atomic E-state index is -0.162. The normalized spacial score (nSPS) is 10.5. The third-order valence-electron chi connectivity index (χ3n) is 4.40. The van der Waals surface area contributed by atoms with Gasteiger partial charge in [0.25, 0.3) is 5.91 Å². The minimum Gasteiger partial charge on any atom is -0.489 e. The Morgan fingerprint density at radius 3 is 2.59 bits per heavy atom. The van der Waals surface area contributed by atoms with Crippen molar-refractivity contribution in [3.63, 3.8) is 0 Å². The van der Waals surface area contributed by atoms with Crippen molar-refractivity contribution in [2.75, 3.05) is 0 Å². The summed E-state index contributed by atoms with van der Waals surface area (Å²) in [5.74, 6) is 1.21. The zero-order valence-electron chi connectivity index (χ0n) is 15.7. The molecule has 5 heteroatoms. The highest BCUT2D eigenvalue weighted by molar-refractivity contribution is 5.94. The number of aromatic nitrogens is 1. The summed E-state index contributed by atoms with van der Waals surface area (Å²) >= 11 is 0. The molecule has 4 rings (SSSR count). The molecule has 144 valence electrons. The Morgan fingerprint density at radius 2 is 1.83 bits per heavy atom. The van der Waals surface area contributed by atoms with Gasteiger partial charge < -0.3 is 14.5 Å². The number of nitrogens with zero attached hydrogens (tertiary/aromatic N) is 1.